The van der Waals surface area contributed by atoms with Crippen LogP contribution in [0.15, 0.2) is 45.7 Å². The molecular formula is C20H16BrN3O4S. The standard InChI is InChI=1S/C20H16BrN3O4S/c1-26-14-9-12(10-15(27-2)17(14)28-3)18-22-20-24(23-18)19(25)16(29-20)8-11-4-6-13(21)7-5-11/h4-10H,1-3H3/b16-8-. The highest BCUT2D eigenvalue weighted by Gasteiger charge is 2.18. The van der Waals surface area contributed by atoms with Gasteiger partial charge in [-0.05, 0) is 35.9 Å². The van der Waals surface area contributed by atoms with Crippen molar-refractivity contribution in [3.63, 3.8) is 0 Å². The molecular weight excluding hydrogens is 458 g/mol. The molecule has 2 aromatic heterocycles. The molecule has 0 fully saturated rings. The Morgan fingerprint density at radius 1 is 1.03 bits per heavy atom. The lowest BCUT2D eigenvalue weighted by molar-refractivity contribution is 0.324. The van der Waals surface area contributed by atoms with Crippen LogP contribution < -0.4 is 24.3 Å². The van der Waals surface area contributed by atoms with Gasteiger partial charge in [0.25, 0.3) is 5.56 Å². The highest BCUT2D eigenvalue weighted by Crippen LogP contribution is 2.40. The molecule has 29 heavy (non-hydrogen) atoms. The average molecular weight is 474 g/mol. The number of methoxy groups -OCH3 is 3. The Morgan fingerprint density at radius 3 is 2.24 bits per heavy atom. The van der Waals surface area contributed by atoms with Gasteiger partial charge in [0.05, 0.1) is 25.9 Å². The molecule has 7 nitrogen and oxygen atoms in total. The van der Waals surface area contributed by atoms with E-state index in [1.165, 1.54) is 23.0 Å². The molecule has 4 rings (SSSR count). The number of thiazole rings is 1. The second-order valence-corrected chi connectivity index (χ2v) is 7.94. The molecule has 0 atom stereocenters. The lowest BCUT2D eigenvalue weighted by Gasteiger charge is -2.12. The Hall–Kier alpha value is -2.91. The predicted molar refractivity (Wildman–Crippen MR) is 115 cm³/mol. The summed E-state index contributed by atoms with van der Waals surface area (Å²) in [6, 6.07) is 11.2. The minimum Gasteiger partial charge on any atom is -0.493 e. The second-order valence-electron chi connectivity index (χ2n) is 6.01. The maximum absolute atomic E-state index is 12.8. The molecule has 0 N–H and O–H groups in total. The highest BCUT2D eigenvalue weighted by molar-refractivity contribution is 9.10. The van der Waals surface area contributed by atoms with Crippen molar-refractivity contribution in [1.29, 1.82) is 0 Å². The maximum atomic E-state index is 12.8. The third-order valence-electron chi connectivity index (χ3n) is 4.27. The number of ether oxygens (including phenoxy) is 3. The monoisotopic (exact) mass is 473 g/mol. The van der Waals surface area contributed by atoms with Gasteiger partial charge in [-0.1, -0.05) is 39.4 Å². The quantitative estimate of drug-likeness (QED) is 0.443. The molecule has 0 bridgehead atoms. The van der Waals surface area contributed by atoms with E-state index in [4.69, 9.17) is 14.2 Å². The Labute approximate surface area is 178 Å². The molecule has 9 heteroatoms. The summed E-state index contributed by atoms with van der Waals surface area (Å²) >= 11 is 4.69. The minimum absolute atomic E-state index is 0.209. The predicted octanol–water partition coefficient (Wildman–Crippen LogP) is 3.15. The van der Waals surface area contributed by atoms with Crippen LogP contribution in [0.1, 0.15) is 5.56 Å². The summed E-state index contributed by atoms with van der Waals surface area (Å²) in [5, 5.41) is 4.39. The van der Waals surface area contributed by atoms with E-state index in [1.54, 1.807) is 26.4 Å². The van der Waals surface area contributed by atoms with Crippen LogP contribution >= 0.6 is 27.3 Å². The Balaban J connectivity index is 1.80. The lowest BCUT2D eigenvalue weighted by atomic mass is 10.1. The Bertz CT molecular complexity index is 1270. The molecule has 0 unspecified atom stereocenters. The van der Waals surface area contributed by atoms with Crippen molar-refractivity contribution in [1.82, 2.24) is 14.6 Å². The summed E-state index contributed by atoms with van der Waals surface area (Å²) in [5.41, 5.74) is 1.38. The van der Waals surface area contributed by atoms with Crippen molar-refractivity contribution >= 4 is 38.3 Å². The average Bonchev–Trinajstić information content (AvgIpc) is 3.28. The van der Waals surface area contributed by atoms with Crippen molar-refractivity contribution in [2.75, 3.05) is 21.3 Å². The summed E-state index contributed by atoms with van der Waals surface area (Å²) in [6.07, 6.45) is 1.83. The molecule has 0 radical (unpaired) electrons. The van der Waals surface area contributed by atoms with Crippen molar-refractivity contribution in [3.05, 3.63) is 61.3 Å². The minimum atomic E-state index is -0.209. The number of halogens is 1. The molecule has 148 valence electrons. The summed E-state index contributed by atoms with van der Waals surface area (Å²) < 4.78 is 19.0. The summed E-state index contributed by atoms with van der Waals surface area (Å²) in [7, 11) is 4.62. The molecule has 0 aliphatic carbocycles. The SMILES string of the molecule is COc1cc(-c2nc3s/c(=C\c4ccc(Br)cc4)c(=O)n3n2)cc(OC)c1OC. The van der Waals surface area contributed by atoms with Crippen LogP contribution in [-0.4, -0.2) is 35.9 Å². The van der Waals surface area contributed by atoms with Crippen LogP contribution in [0.25, 0.3) is 22.4 Å². The van der Waals surface area contributed by atoms with Crippen molar-refractivity contribution in [2.45, 2.75) is 0 Å². The highest BCUT2D eigenvalue weighted by atomic mass is 79.9. The largest absolute Gasteiger partial charge is 0.493 e. The number of fused-ring (bicyclic) bond motifs is 1. The number of nitrogens with zero attached hydrogens (tertiary/aromatic N) is 3. The lowest BCUT2D eigenvalue weighted by Crippen LogP contribution is -2.23. The smallest absolute Gasteiger partial charge is 0.291 e. The van der Waals surface area contributed by atoms with Gasteiger partial charge in [-0.3, -0.25) is 4.79 Å². The van der Waals surface area contributed by atoms with Crippen LogP contribution in [0, 0.1) is 0 Å². The summed E-state index contributed by atoms with van der Waals surface area (Å²) in [5.74, 6) is 1.87. The van der Waals surface area contributed by atoms with Crippen LogP contribution in [0.4, 0.5) is 0 Å². The zero-order chi connectivity index (χ0) is 20.5. The van der Waals surface area contributed by atoms with E-state index >= 15 is 0 Å². The van der Waals surface area contributed by atoms with Crippen LogP contribution in [-0.2, 0) is 0 Å². The normalized spacial score (nSPS) is 11.8. The van der Waals surface area contributed by atoms with E-state index in [-0.39, 0.29) is 5.56 Å². The second kappa shape index (κ2) is 7.84. The number of rotatable bonds is 5. The van der Waals surface area contributed by atoms with E-state index in [1.807, 2.05) is 30.3 Å². The molecule has 0 amide bonds. The fraction of sp³-hybridized carbons (Fsp3) is 0.150. The molecule has 0 aliphatic rings. The first-order chi connectivity index (χ1) is 14.0. The van der Waals surface area contributed by atoms with Crippen molar-refractivity contribution < 1.29 is 14.2 Å². The molecule has 4 aromatic rings. The topological polar surface area (TPSA) is 75.0 Å². The van der Waals surface area contributed by atoms with Gasteiger partial charge in [-0.15, -0.1) is 5.10 Å². The van der Waals surface area contributed by atoms with E-state index in [9.17, 15) is 4.79 Å². The number of hydrogen-bond acceptors (Lipinski definition) is 7. The first-order valence-corrected chi connectivity index (χ1v) is 10.1. The number of benzene rings is 2. The number of hydrogen-bond donors (Lipinski definition) is 0. The zero-order valence-electron chi connectivity index (χ0n) is 15.8. The third-order valence-corrected chi connectivity index (χ3v) is 5.76. The summed E-state index contributed by atoms with van der Waals surface area (Å²) in [6.45, 7) is 0. The Morgan fingerprint density at radius 2 is 1.69 bits per heavy atom. The van der Waals surface area contributed by atoms with Gasteiger partial charge in [0.15, 0.2) is 17.3 Å². The van der Waals surface area contributed by atoms with Crippen molar-refractivity contribution in [3.8, 4) is 28.6 Å². The first kappa shape index (κ1) is 19.4. The van der Waals surface area contributed by atoms with Gasteiger partial charge in [0.2, 0.25) is 10.7 Å². The van der Waals surface area contributed by atoms with Gasteiger partial charge in [-0.25, -0.2) is 0 Å². The molecule has 0 spiro atoms. The fourth-order valence-electron chi connectivity index (χ4n) is 2.88. The number of aromatic nitrogens is 3. The van der Waals surface area contributed by atoms with Gasteiger partial charge in [0.1, 0.15) is 0 Å². The van der Waals surface area contributed by atoms with Crippen LogP contribution in [0.2, 0.25) is 0 Å². The van der Waals surface area contributed by atoms with Crippen molar-refractivity contribution in [2.24, 2.45) is 0 Å². The zero-order valence-corrected chi connectivity index (χ0v) is 18.2. The molecule has 0 aliphatic heterocycles. The van der Waals surface area contributed by atoms with E-state index < -0.39 is 0 Å². The van der Waals surface area contributed by atoms with Gasteiger partial charge < -0.3 is 14.2 Å². The van der Waals surface area contributed by atoms with Crippen LogP contribution in [0.5, 0.6) is 17.2 Å². The molecule has 0 saturated carbocycles. The van der Waals surface area contributed by atoms with E-state index in [0.717, 1.165) is 10.0 Å². The molecule has 0 saturated heterocycles. The van der Waals surface area contributed by atoms with Gasteiger partial charge in [0, 0.05) is 10.0 Å². The van der Waals surface area contributed by atoms with E-state index in [2.05, 4.69) is 26.0 Å². The maximum Gasteiger partial charge on any atom is 0.291 e. The van der Waals surface area contributed by atoms with Gasteiger partial charge in [-0.2, -0.15) is 9.50 Å². The molecule has 2 heterocycles. The Kier molecular flexibility index (Phi) is 5.25. The third kappa shape index (κ3) is 3.58. The van der Waals surface area contributed by atoms with E-state index in [0.29, 0.717) is 38.1 Å². The van der Waals surface area contributed by atoms with Crippen LogP contribution in [0.3, 0.4) is 0 Å². The summed E-state index contributed by atoms with van der Waals surface area (Å²) in [4.78, 5) is 17.8. The first-order valence-electron chi connectivity index (χ1n) is 8.51. The molecule has 2 aromatic carbocycles. The fourth-order valence-corrected chi connectivity index (χ4v) is 4.05. The van der Waals surface area contributed by atoms with Gasteiger partial charge >= 0.3 is 0 Å².